The fourth-order valence-corrected chi connectivity index (χ4v) is 2.13. The third kappa shape index (κ3) is 3.23. The highest BCUT2D eigenvalue weighted by Gasteiger charge is 2.47. The van der Waals surface area contributed by atoms with E-state index in [0.717, 1.165) is 12.8 Å². The third-order valence-corrected chi connectivity index (χ3v) is 3.92. The maximum absolute atomic E-state index is 12.2. The quantitative estimate of drug-likeness (QED) is 0.641. The van der Waals surface area contributed by atoms with Gasteiger partial charge in [-0.2, -0.15) is 0 Å². The van der Waals surface area contributed by atoms with E-state index >= 15 is 0 Å². The average molecular weight is 228 g/mol. The molecule has 16 heavy (non-hydrogen) atoms. The largest absolute Gasteiger partial charge is 0.466 e. The van der Waals surface area contributed by atoms with E-state index in [1.54, 1.807) is 0 Å². The van der Waals surface area contributed by atoms with Crippen molar-refractivity contribution in [2.45, 2.75) is 61.3 Å². The number of hydrogen-bond donors (Lipinski definition) is 0. The van der Waals surface area contributed by atoms with Crippen LogP contribution in [0, 0.1) is 16.7 Å². The molecule has 0 heterocycles. The van der Waals surface area contributed by atoms with Crippen LogP contribution in [0.25, 0.3) is 0 Å². The SMILES string of the molecule is CCOC(=O)C(C)(CC(C)C)C(C)(C)CC. The maximum atomic E-state index is 12.2. The van der Waals surface area contributed by atoms with Crippen molar-refractivity contribution in [2.75, 3.05) is 6.61 Å². The molecule has 0 fully saturated rings. The molecule has 0 radical (unpaired) electrons. The minimum absolute atomic E-state index is 0.0243. The molecule has 0 aliphatic rings. The summed E-state index contributed by atoms with van der Waals surface area (Å²) in [6.45, 7) is 15.1. The van der Waals surface area contributed by atoms with Gasteiger partial charge in [0.2, 0.25) is 0 Å². The van der Waals surface area contributed by atoms with Crippen LogP contribution >= 0.6 is 0 Å². The molecule has 0 aliphatic carbocycles. The summed E-state index contributed by atoms with van der Waals surface area (Å²) in [4.78, 5) is 12.2. The summed E-state index contributed by atoms with van der Waals surface area (Å²) >= 11 is 0. The van der Waals surface area contributed by atoms with E-state index in [1.807, 2.05) is 6.92 Å². The first-order chi connectivity index (χ1) is 7.21. The van der Waals surface area contributed by atoms with E-state index in [4.69, 9.17) is 4.74 Å². The van der Waals surface area contributed by atoms with Crippen LogP contribution in [0.5, 0.6) is 0 Å². The normalized spacial score (nSPS) is 16.0. The van der Waals surface area contributed by atoms with E-state index in [1.165, 1.54) is 0 Å². The lowest BCUT2D eigenvalue weighted by Gasteiger charge is -2.42. The molecule has 0 N–H and O–H groups in total. The van der Waals surface area contributed by atoms with Gasteiger partial charge in [0.25, 0.3) is 0 Å². The van der Waals surface area contributed by atoms with Gasteiger partial charge in [0.05, 0.1) is 12.0 Å². The van der Waals surface area contributed by atoms with Crippen molar-refractivity contribution in [2.24, 2.45) is 16.7 Å². The summed E-state index contributed by atoms with van der Waals surface area (Å²) < 4.78 is 5.26. The Balaban J connectivity index is 5.10. The number of rotatable bonds is 6. The van der Waals surface area contributed by atoms with Crippen LogP contribution in [-0.4, -0.2) is 12.6 Å². The van der Waals surface area contributed by atoms with Crippen LogP contribution in [-0.2, 0) is 9.53 Å². The van der Waals surface area contributed by atoms with E-state index < -0.39 is 0 Å². The lowest BCUT2D eigenvalue weighted by Crippen LogP contribution is -2.44. The molecule has 0 saturated heterocycles. The lowest BCUT2D eigenvalue weighted by atomic mass is 9.62. The second-order valence-corrected chi connectivity index (χ2v) is 5.89. The van der Waals surface area contributed by atoms with Crippen LogP contribution in [0.1, 0.15) is 61.3 Å². The zero-order chi connectivity index (χ0) is 13.0. The number of esters is 1. The first-order valence-corrected chi connectivity index (χ1v) is 6.38. The second-order valence-electron chi connectivity index (χ2n) is 5.89. The van der Waals surface area contributed by atoms with Crippen LogP contribution < -0.4 is 0 Å². The van der Waals surface area contributed by atoms with Crippen LogP contribution in [0.15, 0.2) is 0 Å². The number of carbonyl (C=O) groups is 1. The molecule has 0 spiro atoms. The van der Waals surface area contributed by atoms with Crippen molar-refractivity contribution in [3.05, 3.63) is 0 Å². The van der Waals surface area contributed by atoms with Crippen LogP contribution in [0.4, 0.5) is 0 Å². The molecule has 1 unspecified atom stereocenters. The molecular formula is C14H28O2. The maximum Gasteiger partial charge on any atom is 0.312 e. The fourth-order valence-electron chi connectivity index (χ4n) is 2.13. The minimum atomic E-state index is -0.383. The zero-order valence-electron chi connectivity index (χ0n) is 12.0. The smallest absolute Gasteiger partial charge is 0.312 e. The number of carbonyl (C=O) groups excluding carboxylic acids is 1. The predicted molar refractivity (Wildman–Crippen MR) is 68.3 cm³/mol. The van der Waals surface area contributed by atoms with Gasteiger partial charge in [-0.25, -0.2) is 0 Å². The van der Waals surface area contributed by atoms with Crippen LogP contribution in [0.2, 0.25) is 0 Å². The van der Waals surface area contributed by atoms with E-state index in [-0.39, 0.29) is 16.8 Å². The average Bonchev–Trinajstić information content (AvgIpc) is 2.16. The minimum Gasteiger partial charge on any atom is -0.466 e. The number of ether oxygens (including phenoxy) is 1. The molecule has 0 aromatic rings. The first-order valence-electron chi connectivity index (χ1n) is 6.38. The summed E-state index contributed by atoms with van der Waals surface area (Å²) in [6.07, 6.45) is 1.86. The van der Waals surface area contributed by atoms with Crippen molar-refractivity contribution in [1.82, 2.24) is 0 Å². The van der Waals surface area contributed by atoms with Gasteiger partial charge in [-0.15, -0.1) is 0 Å². The lowest BCUT2D eigenvalue weighted by molar-refractivity contribution is -0.164. The van der Waals surface area contributed by atoms with Gasteiger partial charge in [0, 0.05) is 0 Å². The third-order valence-electron chi connectivity index (χ3n) is 3.92. The highest BCUT2D eigenvalue weighted by atomic mass is 16.5. The number of hydrogen-bond acceptors (Lipinski definition) is 2. The van der Waals surface area contributed by atoms with Crippen molar-refractivity contribution in [1.29, 1.82) is 0 Å². The van der Waals surface area contributed by atoms with Gasteiger partial charge >= 0.3 is 5.97 Å². The van der Waals surface area contributed by atoms with Gasteiger partial charge in [-0.3, -0.25) is 4.79 Å². The molecule has 2 nitrogen and oxygen atoms in total. The molecule has 0 aliphatic heterocycles. The first kappa shape index (κ1) is 15.5. The monoisotopic (exact) mass is 228 g/mol. The Bertz CT molecular complexity index is 231. The van der Waals surface area contributed by atoms with Crippen LogP contribution in [0.3, 0.4) is 0 Å². The van der Waals surface area contributed by atoms with Crippen molar-refractivity contribution < 1.29 is 9.53 Å². The second kappa shape index (κ2) is 5.70. The molecule has 0 rings (SSSR count). The molecule has 0 aromatic heterocycles. The van der Waals surface area contributed by atoms with Crippen molar-refractivity contribution in [3.63, 3.8) is 0 Å². The van der Waals surface area contributed by atoms with Crippen molar-refractivity contribution in [3.8, 4) is 0 Å². The summed E-state index contributed by atoms with van der Waals surface area (Å²) in [5.74, 6) is 0.454. The Hall–Kier alpha value is -0.530. The Morgan fingerprint density at radius 1 is 1.19 bits per heavy atom. The zero-order valence-corrected chi connectivity index (χ0v) is 12.0. The molecule has 0 amide bonds. The topological polar surface area (TPSA) is 26.3 Å². The Kier molecular flexibility index (Phi) is 5.51. The van der Waals surface area contributed by atoms with Gasteiger partial charge < -0.3 is 4.74 Å². The van der Waals surface area contributed by atoms with E-state index in [9.17, 15) is 4.79 Å². The molecule has 2 heteroatoms. The van der Waals surface area contributed by atoms with Gasteiger partial charge in [-0.1, -0.05) is 34.6 Å². The van der Waals surface area contributed by atoms with Gasteiger partial charge in [0.1, 0.15) is 0 Å². The molecule has 1 atom stereocenters. The Morgan fingerprint density at radius 3 is 2.00 bits per heavy atom. The highest BCUT2D eigenvalue weighted by Crippen LogP contribution is 2.46. The molecule has 0 aromatic carbocycles. The summed E-state index contributed by atoms with van der Waals surface area (Å²) in [7, 11) is 0. The molecule has 0 bridgehead atoms. The molecule has 0 saturated carbocycles. The molecular weight excluding hydrogens is 200 g/mol. The fraction of sp³-hybridized carbons (Fsp3) is 0.929. The summed E-state index contributed by atoms with van der Waals surface area (Å²) in [5.41, 5.74) is -0.407. The van der Waals surface area contributed by atoms with Gasteiger partial charge in [-0.05, 0) is 38.0 Å². The highest BCUT2D eigenvalue weighted by molar-refractivity contribution is 5.77. The Morgan fingerprint density at radius 2 is 1.69 bits per heavy atom. The predicted octanol–water partition coefficient (Wildman–Crippen LogP) is 4.04. The van der Waals surface area contributed by atoms with Gasteiger partial charge in [0.15, 0.2) is 0 Å². The Labute approximate surface area is 101 Å². The van der Waals surface area contributed by atoms with E-state index in [2.05, 4.69) is 41.5 Å². The standard InChI is InChI=1S/C14H28O2/c1-8-13(5,6)14(7,10-11(3)4)12(15)16-9-2/h11H,8-10H2,1-7H3. The summed E-state index contributed by atoms with van der Waals surface area (Å²) in [6, 6.07) is 0. The summed E-state index contributed by atoms with van der Waals surface area (Å²) in [5, 5.41) is 0. The van der Waals surface area contributed by atoms with E-state index in [0.29, 0.717) is 12.5 Å². The molecule has 96 valence electrons. The van der Waals surface area contributed by atoms with Crippen molar-refractivity contribution >= 4 is 5.97 Å².